The Labute approximate surface area is 167 Å². The summed E-state index contributed by atoms with van der Waals surface area (Å²) in [4.78, 5) is 7.67. The third kappa shape index (κ3) is 4.40. The van der Waals surface area contributed by atoms with Crippen molar-refractivity contribution in [1.29, 1.82) is 0 Å². The average molecular weight is 450 g/mol. The van der Waals surface area contributed by atoms with Crippen LogP contribution in [0.25, 0.3) is 11.3 Å². The molecule has 6 nitrogen and oxygen atoms in total. The molecule has 0 saturated heterocycles. The van der Waals surface area contributed by atoms with Crippen molar-refractivity contribution < 1.29 is 13.2 Å². The van der Waals surface area contributed by atoms with Crippen molar-refractivity contribution >= 4 is 26.0 Å². The molecule has 0 fully saturated rings. The Kier molecular flexibility index (Phi) is 5.98. The first-order valence-corrected chi connectivity index (χ1v) is 10.7. The zero-order valence-corrected chi connectivity index (χ0v) is 17.3. The summed E-state index contributed by atoms with van der Waals surface area (Å²) in [5.41, 5.74) is 1.82. The molecular formula is C19H20BrN3O3S. The minimum atomic E-state index is -3.81. The molecule has 1 atom stereocenters. The van der Waals surface area contributed by atoms with Gasteiger partial charge in [0.15, 0.2) is 0 Å². The van der Waals surface area contributed by atoms with Crippen LogP contribution in [0.2, 0.25) is 0 Å². The summed E-state index contributed by atoms with van der Waals surface area (Å²) < 4.78 is 34.4. The molecule has 0 spiro atoms. The van der Waals surface area contributed by atoms with Crippen molar-refractivity contribution in [3.63, 3.8) is 0 Å². The molecule has 8 heteroatoms. The number of ether oxygens (including phenoxy) is 1. The molecule has 0 saturated carbocycles. The number of methoxy groups -OCH3 is 1. The average Bonchev–Trinajstić information content (AvgIpc) is 3.17. The van der Waals surface area contributed by atoms with Gasteiger partial charge in [0, 0.05) is 4.47 Å². The second-order valence-corrected chi connectivity index (χ2v) is 8.52. The van der Waals surface area contributed by atoms with Gasteiger partial charge in [0.05, 0.1) is 25.0 Å². The Bertz CT molecular complexity index is 1020. The SMILES string of the molecule is CCC(NS(=O)(=O)c1cc(Br)ccc1OC)c1ncc(-c2ccccc2)[nH]1. The van der Waals surface area contributed by atoms with Gasteiger partial charge < -0.3 is 9.72 Å². The second kappa shape index (κ2) is 8.24. The van der Waals surface area contributed by atoms with E-state index in [2.05, 4.69) is 30.6 Å². The normalized spacial score (nSPS) is 12.7. The van der Waals surface area contributed by atoms with E-state index in [-0.39, 0.29) is 10.6 Å². The second-order valence-electron chi connectivity index (χ2n) is 5.93. The van der Waals surface area contributed by atoms with E-state index in [9.17, 15) is 8.42 Å². The van der Waals surface area contributed by atoms with Crippen LogP contribution in [-0.4, -0.2) is 25.5 Å². The highest BCUT2D eigenvalue weighted by atomic mass is 79.9. The summed E-state index contributed by atoms with van der Waals surface area (Å²) in [7, 11) is -2.36. The number of nitrogens with zero attached hydrogens (tertiary/aromatic N) is 1. The van der Waals surface area contributed by atoms with Gasteiger partial charge in [-0.1, -0.05) is 53.2 Å². The Morgan fingerprint density at radius 2 is 1.96 bits per heavy atom. The zero-order valence-electron chi connectivity index (χ0n) is 14.9. The van der Waals surface area contributed by atoms with E-state index >= 15 is 0 Å². The number of imidazole rings is 1. The quantitative estimate of drug-likeness (QED) is 0.563. The number of halogens is 1. The standard InChI is InChI=1S/C19H20BrN3O3S/c1-3-15(19-21-12-16(22-19)13-7-5-4-6-8-13)23-27(24,25)18-11-14(20)9-10-17(18)26-2/h4-12,15,23H,3H2,1-2H3,(H,21,22). The maximum atomic E-state index is 12.9. The largest absolute Gasteiger partial charge is 0.495 e. The zero-order chi connectivity index (χ0) is 19.4. The fraction of sp³-hybridized carbons (Fsp3) is 0.211. The number of aromatic nitrogens is 2. The molecule has 1 heterocycles. The lowest BCUT2D eigenvalue weighted by Crippen LogP contribution is -2.29. The van der Waals surface area contributed by atoms with Gasteiger partial charge in [-0.05, 0) is 30.2 Å². The highest BCUT2D eigenvalue weighted by Crippen LogP contribution is 2.29. The van der Waals surface area contributed by atoms with Crippen LogP contribution in [0.15, 0.2) is 64.1 Å². The van der Waals surface area contributed by atoms with Crippen LogP contribution < -0.4 is 9.46 Å². The topological polar surface area (TPSA) is 84.1 Å². The number of hydrogen-bond acceptors (Lipinski definition) is 4. The monoisotopic (exact) mass is 449 g/mol. The van der Waals surface area contributed by atoms with Gasteiger partial charge in [0.2, 0.25) is 10.0 Å². The lowest BCUT2D eigenvalue weighted by Gasteiger charge is -2.17. The smallest absolute Gasteiger partial charge is 0.244 e. The molecular weight excluding hydrogens is 430 g/mol. The van der Waals surface area contributed by atoms with E-state index in [4.69, 9.17) is 4.74 Å². The van der Waals surface area contributed by atoms with Crippen LogP contribution in [0.3, 0.4) is 0 Å². The van der Waals surface area contributed by atoms with Crippen molar-refractivity contribution in [3.8, 4) is 17.0 Å². The van der Waals surface area contributed by atoms with Crippen molar-refractivity contribution in [2.45, 2.75) is 24.3 Å². The van der Waals surface area contributed by atoms with E-state index in [0.717, 1.165) is 11.3 Å². The number of H-pyrrole nitrogens is 1. The molecule has 2 aromatic carbocycles. The van der Waals surface area contributed by atoms with Crippen LogP contribution in [-0.2, 0) is 10.0 Å². The fourth-order valence-electron chi connectivity index (χ4n) is 2.72. The van der Waals surface area contributed by atoms with Crippen LogP contribution in [0.5, 0.6) is 5.75 Å². The molecule has 1 unspecified atom stereocenters. The van der Waals surface area contributed by atoms with Crippen LogP contribution in [0, 0.1) is 0 Å². The van der Waals surface area contributed by atoms with Crippen LogP contribution >= 0.6 is 15.9 Å². The molecule has 0 amide bonds. The van der Waals surface area contributed by atoms with E-state index in [0.29, 0.717) is 16.7 Å². The first-order valence-electron chi connectivity index (χ1n) is 8.40. The van der Waals surface area contributed by atoms with Gasteiger partial charge in [0.1, 0.15) is 16.5 Å². The Morgan fingerprint density at radius 1 is 1.22 bits per heavy atom. The van der Waals surface area contributed by atoms with Crippen molar-refractivity contribution in [2.24, 2.45) is 0 Å². The third-order valence-corrected chi connectivity index (χ3v) is 6.12. The van der Waals surface area contributed by atoms with E-state index < -0.39 is 16.1 Å². The highest BCUT2D eigenvalue weighted by molar-refractivity contribution is 9.10. The van der Waals surface area contributed by atoms with E-state index in [1.807, 2.05) is 37.3 Å². The maximum Gasteiger partial charge on any atom is 0.244 e. The molecule has 142 valence electrons. The first kappa shape index (κ1) is 19.6. The van der Waals surface area contributed by atoms with Crippen molar-refractivity contribution in [3.05, 3.63) is 65.0 Å². The Hall–Kier alpha value is -2.16. The maximum absolute atomic E-state index is 12.9. The molecule has 0 radical (unpaired) electrons. The first-order chi connectivity index (χ1) is 12.9. The molecule has 0 aliphatic heterocycles. The number of hydrogen-bond donors (Lipinski definition) is 2. The lowest BCUT2D eigenvalue weighted by atomic mass is 10.2. The summed E-state index contributed by atoms with van der Waals surface area (Å²) >= 11 is 3.31. The van der Waals surface area contributed by atoms with Gasteiger partial charge in [-0.2, -0.15) is 0 Å². The summed E-state index contributed by atoms with van der Waals surface area (Å²) in [6.07, 6.45) is 2.25. The Morgan fingerprint density at radius 3 is 2.63 bits per heavy atom. The van der Waals surface area contributed by atoms with Crippen LogP contribution in [0.4, 0.5) is 0 Å². The minimum absolute atomic E-state index is 0.0765. The van der Waals surface area contributed by atoms with Gasteiger partial charge >= 0.3 is 0 Å². The summed E-state index contributed by atoms with van der Waals surface area (Å²) in [5.74, 6) is 0.846. The van der Waals surface area contributed by atoms with Crippen molar-refractivity contribution in [1.82, 2.24) is 14.7 Å². The molecule has 27 heavy (non-hydrogen) atoms. The predicted octanol–water partition coefficient (Wildman–Crippen LogP) is 4.28. The number of rotatable bonds is 7. The van der Waals surface area contributed by atoms with Gasteiger partial charge in [-0.15, -0.1) is 0 Å². The number of aromatic amines is 1. The van der Waals surface area contributed by atoms with Crippen LogP contribution in [0.1, 0.15) is 25.2 Å². The summed E-state index contributed by atoms with van der Waals surface area (Å²) in [6.45, 7) is 1.90. The number of benzene rings is 2. The van der Waals surface area contributed by atoms with Gasteiger partial charge in [-0.25, -0.2) is 18.1 Å². The third-order valence-electron chi connectivity index (χ3n) is 4.13. The number of sulfonamides is 1. The number of nitrogens with one attached hydrogen (secondary N) is 2. The predicted molar refractivity (Wildman–Crippen MR) is 108 cm³/mol. The highest BCUT2D eigenvalue weighted by Gasteiger charge is 2.25. The van der Waals surface area contributed by atoms with Gasteiger partial charge in [0.25, 0.3) is 0 Å². The minimum Gasteiger partial charge on any atom is -0.495 e. The fourth-order valence-corrected chi connectivity index (χ4v) is 4.71. The molecule has 3 rings (SSSR count). The van der Waals surface area contributed by atoms with E-state index in [1.54, 1.807) is 18.3 Å². The lowest BCUT2D eigenvalue weighted by molar-refractivity contribution is 0.401. The van der Waals surface area contributed by atoms with E-state index in [1.165, 1.54) is 13.2 Å². The molecule has 3 aromatic rings. The molecule has 0 bridgehead atoms. The Balaban J connectivity index is 1.89. The summed E-state index contributed by atoms with van der Waals surface area (Å²) in [6, 6.07) is 14.1. The molecule has 2 N–H and O–H groups in total. The summed E-state index contributed by atoms with van der Waals surface area (Å²) in [5, 5.41) is 0. The van der Waals surface area contributed by atoms with Crippen molar-refractivity contribution in [2.75, 3.05) is 7.11 Å². The molecule has 1 aromatic heterocycles. The van der Waals surface area contributed by atoms with Gasteiger partial charge in [-0.3, -0.25) is 0 Å². The molecule has 0 aliphatic rings. The molecule has 0 aliphatic carbocycles.